The Labute approximate surface area is 153 Å². The van der Waals surface area contributed by atoms with Crippen molar-refractivity contribution in [2.75, 3.05) is 0 Å². The SMILES string of the molecule is C(C=C(c1ccccc1)c1ccccc1)=Nc1cccc2cccnc12. The van der Waals surface area contributed by atoms with Crippen LogP contribution in [-0.4, -0.2) is 11.2 Å². The number of benzene rings is 3. The van der Waals surface area contributed by atoms with Crippen molar-refractivity contribution in [1.29, 1.82) is 0 Å². The molecule has 0 unspecified atom stereocenters. The molecule has 0 saturated heterocycles. The number of aromatic nitrogens is 1. The van der Waals surface area contributed by atoms with Gasteiger partial charge in [0, 0.05) is 17.8 Å². The fourth-order valence-corrected chi connectivity index (χ4v) is 2.98. The maximum atomic E-state index is 4.66. The highest BCUT2D eigenvalue weighted by Gasteiger charge is 2.03. The average Bonchev–Trinajstić information content (AvgIpc) is 2.72. The predicted molar refractivity (Wildman–Crippen MR) is 110 cm³/mol. The second kappa shape index (κ2) is 7.58. The third-order valence-electron chi connectivity index (χ3n) is 4.24. The van der Waals surface area contributed by atoms with Crippen LogP contribution < -0.4 is 0 Å². The number of pyridine rings is 1. The lowest BCUT2D eigenvalue weighted by Gasteiger charge is -2.07. The highest BCUT2D eigenvalue weighted by molar-refractivity contribution is 5.95. The highest BCUT2D eigenvalue weighted by Crippen LogP contribution is 2.25. The maximum Gasteiger partial charge on any atom is 0.0958 e. The lowest BCUT2D eigenvalue weighted by molar-refractivity contribution is 1.39. The van der Waals surface area contributed by atoms with Gasteiger partial charge in [0.25, 0.3) is 0 Å². The van der Waals surface area contributed by atoms with E-state index in [4.69, 9.17) is 0 Å². The predicted octanol–water partition coefficient (Wildman–Crippen LogP) is 6.07. The van der Waals surface area contributed by atoms with Crippen LogP contribution in [0.5, 0.6) is 0 Å². The normalized spacial score (nSPS) is 10.9. The van der Waals surface area contributed by atoms with Gasteiger partial charge in [0.05, 0.1) is 11.2 Å². The van der Waals surface area contributed by atoms with Gasteiger partial charge in [-0.25, -0.2) is 0 Å². The van der Waals surface area contributed by atoms with E-state index >= 15 is 0 Å². The lowest BCUT2D eigenvalue weighted by Crippen LogP contribution is -1.88. The average molecular weight is 334 g/mol. The molecule has 4 aromatic rings. The number of hydrogen-bond donors (Lipinski definition) is 0. The fourth-order valence-electron chi connectivity index (χ4n) is 2.98. The molecule has 26 heavy (non-hydrogen) atoms. The van der Waals surface area contributed by atoms with Crippen molar-refractivity contribution in [3.63, 3.8) is 0 Å². The van der Waals surface area contributed by atoms with E-state index in [2.05, 4.69) is 76.7 Å². The Morgan fingerprint density at radius 1 is 0.692 bits per heavy atom. The van der Waals surface area contributed by atoms with Crippen LogP contribution in [0, 0.1) is 0 Å². The van der Waals surface area contributed by atoms with Crippen LogP contribution in [0.15, 0.2) is 108 Å². The molecule has 1 aromatic heterocycles. The van der Waals surface area contributed by atoms with Crippen LogP contribution in [0.25, 0.3) is 16.5 Å². The number of fused-ring (bicyclic) bond motifs is 1. The zero-order chi connectivity index (χ0) is 17.6. The van der Waals surface area contributed by atoms with Crippen molar-refractivity contribution < 1.29 is 0 Å². The fraction of sp³-hybridized carbons (Fsp3) is 0. The molecule has 1 heterocycles. The zero-order valence-electron chi connectivity index (χ0n) is 14.3. The summed E-state index contributed by atoms with van der Waals surface area (Å²) in [5.41, 5.74) is 5.27. The van der Waals surface area contributed by atoms with Crippen molar-refractivity contribution in [2.45, 2.75) is 0 Å². The van der Waals surface area contributed by atoms with Gasteiger partial charge in [-0.3, -0.25) is 9.98 Å². The molecule has 0 aliphatic rings. The first-order valence-electron chi connectivity index (χ1n) is 8.61. The second-order valence-electron chi connectivity index (χ2n) is 5.94. The summed E-state index contributed by atoms with van der Waals surface area (Å²) >= 11 is 0. The lowest BCUT2D eigenvalue weighted by atomic mass is 9.98. The minimum atomic E-state index is 0.875. The number of hydrogen-bond acceptors (Lipinski definition) is 2. The van der Waals surface area contributed by atoms with Crippen LogP contribution >= 0.6 is 0 Å². The molecular weight excluding hydrogens is 316 g/mol. The molecule has 0 amide bonds. The molecule has 2 nitrogen and oxygen atoms in total. The first-order chi connectivity index (χ1) is 12.9. The Bertz CT molecular complexity index is 1020. The van der Waals surface area contributed by atoms with E-state index in [-0.39, 0.29) is 0 Å². The van der Waals surface area contributed by atoms with E-state index in [1.165, 1.54) is 11.1 Å². The topological polar surface area (TPSA) is 25.2 Å². The number of nitrogens with zero attached hydrogens (tertiary/aromatic N) is 2. The molecule has 0 bridgehead atoms. The van der Waals surface area contributed by atoms with Gasteiger partial charge in [0.1, 0.15) is 0 Å². The number of para-hydroxylation sites is 1. The summed E-state index contributed by atoms with van der Waals surface area (Å²) < 4.78 is 0. The van der Waals surface area contributed by atoms with Crippen LogP contribution in [-0.2, 0) is 0 Å². The smallest absolute Gasteiger partial charge is 0.0958 e. The molecule has 0 aliphatic carbocycles. The van der Waals surface area contributed by atoms with E-state index in [9.17, 15) is 0 Å². The number of aliphatic imine (C=N–C) groups is 1. The van der Waals surface area contributed by atoms with Gasteiger partial charge < -0.3 is 0 Å². The molecular formula is C24H18N2. The third-order valence-corrected chi connectivity index (χ3v) is 4.24. The van der Waals surface area contributed by atoms with E-state index in [0.29, 0.717) is 0 Å². The van der Waals surface area contributed by atoms with Gasteiger partial charge in [-0.15, -0.1) is 0 Å². The van der Waals surface area contributed by atoms with Gasteiger partial charge >= 0.3 is 0 Å². The highest BCUT2D eigenvalue weighted by atomic mass is 14.8. The number of rotatable bonds is 4. The Morgan fingerprint density at radius 2 is 1.35 bits per heavy atom. The monoisotopic (exact) mass is 334 g/mol. The van der Waals surface area contributed by atoms with Gasteiger partial charge in [-0.05, 0) is 34.9 Å². The van der Waals surface area contributed by atoms with Crippen LogP contribution in [0.2, 0.25) is 0 Å². The summed E-state index contributed by atoms with van der Waals surface area (Å²) in [4.78, 5) is 9.12. The molecule has 0 radical (unpaired) electrons. The van der Waals surface area contributed by atoms with Gasteiger partial charge in [-0.2, -0.15) is 0 Å². The molecule has 0 aliphatic heterocycles. The van der Waals surface area contributed by atoms with Crippen LogP contribution in [0.3, 0.4) is 0 Å². The van der Waals surface area contributed by atoms with Crippen LogP contribution in [0.1, 0.15) is 11.1 Å². The molecule has 0 fully saturated rings. The molecule has 0 N–H and O–H groups in total. The first kappa shape index (κ1) is 16.0. The Balaban J connectivity index is 1.74. The Kier molecular flexibility index (Phi) is 4.66. The summed E-state index contributed by atoms with van der Waals surface area (Å²) in [6.07, 6.45) is 5.72. The van der Waals surface area contributed by atoms with Gasteiger partial charge in [0.15, 0.2) is 0 Å². The zero-order valence-corrected chi connectivity index (χ0v) is 14.3. The van der Waals surface area contributed by atoms with Gasteiger partial charge in [-0.1, -0.05) is 78.9 Å². The van der Waals surface area contributed by atoms with Crippen molar-refractivity contribution in [3.05, 3.63) is 114 Å². The third kappa shape index (κ3) is 3.45. The van der Waals surface area contributed by atoms with Gasteiger partial charge in [0.2, 0.25) is 0 Å². The second-order valence-corrected chi connectivity index (χ2v) is 5.94. The minimum Gasteiger partial charge on any atom is -0.255 e. The molecule has 3 aromatic carbocycles. The summed E-state index contributed by atoms with van der Waals surface area (Å²) in [5.74, 6) is 0. The van der Waals surface area contributed by atoms with Crippen molar-refractivity contribution in [3.8, 4) is 0 Å². The van der Waals surface area contributed by atoms with E-state index in [0.717, 1.165) is 22.2 Å². The van der Waals surface area contributed by atoms with E-state index < -0.39 is 0 Å². The first-order valence-corrected chi connectivity index (χ1v) is 8.61. The molecule has 2 heteroatoms. The molecule has 4 rings (SSSR count). The van der Waals surface area contributed by atoms with Crippen molar-refractivity contribution in [2.24, 2.45) is 4.99 Å². The Hall–Kier alpha value is -3.52. The summed E-state index contributed by atoms with van der Waals surface area (Å²) in [7, 11) is 0. The van der Waals surface area contributed by atoms with Crippen molar-refractivity contribution >= 4 is 28.4 Å². The molecule has 0 atom stereocenters. The molecule has 0 spiro atoms. The van der Waals surface area contributed by atoms with Crippen molar-refractivity contribution in [1.82, 2.24) is 4.98 Å². The maximum absolute atomic E-state index is 4.66. The molecule has 0 saturated carbocycles. The minimum absolute atomic E-state index is 0.875. The quantitative estimate of drug-likeness (QED) is 0.416. The summed E-state index contributed by atoms with van der Waals surface area (Å²) in [5, 5.41) is 1.09. The summed E-state index contributed by atoms with van der Waals surface area (Å²) in [6.45, 7) is 0. The Morgan fingerprint density at radius 3 is 2.04 bits per heavy atom. The van der Waals surface area contributed by atoms with Crippen LogP contribution in [0.4, 0.5) is 5.69 Å². The summed E-state index contributed by atoms with van der Waals surface area (Å²) in [6, 6.07) is 30.8. The van der Waals surface area contributed by atoms with E-state index in [1.807, 2.05) is 36.5 Å². The molecule has 124 valence electrons. The van der Waals surface area contributed by atoms with E-state index in [1.54, 1.807) is 6.20 Å². The number of allylic oxidation sites excluding steroid dienone is 1. The largest absolute Gasteiger partial charge is 0.255 e. The standard InChI is InChI=1S/C24H18N2/c1-3-9-19(10-4-1)22(20-11-5-2-6-12-20)16-18-25-23-15-7-13-21-14-8-17-26-24(21)23/h1-18H.